The molecule has 0 aromatic heterocycles. The molecule has 1 aromatic carbocycles. The first-order valence-electron chi connectivity index (χ1n) is 6.92. The van der Waals surface area contributed by atoms with Gasteiger partial charge in [-0.25, -0.2) is 0 Å². The van der Waals surface area contributed by atoms with Gasteiger partial charge >= 0.3 is 0 Å². The third-order valence-corrected chi connectivity index (χ3v) is 3.59. The molecule has 1 aliphatic heterocycles. The second-order valence-electron chi connectivity index (χ2n) is 5.33. The number of halogens is 2. The van der Waals surface area contributed by atoms with Crippen molar-refractivity contribution in [3.8, 4) is 5.75 Å². The second-order valence-corrected chi connectivity index (χ2v) is 5.33. The molecule has 1 fully saturated rings. The highest BCUT2D eigenvalue weighted by Gasteiger charge is 2.17. The van der Waals surface area contributed by atoms with Gasteiger partial charge in [-0.2, -0.15) is 0 Å². The van der Waals surface area contributed by atoms with Crippen molar-refractivity contribution in [1.82, 2.24) is 9.80 Å². The molecule has 1 unspecified atom stereocenters. The van der Waals surface area contributed by atoms with Crippen LogP contribution in [0.5, 0.6) is 5.75 Å². The Hall–Kier alpha value is -0.520. The summed E-state index contributed by atoms with van der Waals surface area (Å²) in [5.74, 6) is 0.861. The van der Waals surface area contributed by atoms with E-state index in [0.29, 0.717) is 13.2 Å². The summed E-state index contributed by atoms with van der Waals surface area (Å²) in [4.78, 5) is 4.61. The topological polar surface area (TPSA) is 35.9 Å². The van der Waals surface area contributed by atoms with Gasteiger partial charge < -0.3 is 14.7 Å². The van der Waals surface area contributed by atoms with Gasteiger partial charge in [0, 0.05) is 32.7 Å². The summed E-state index contributed by atoms with van der Waals surface area (Å²) in [5, 5.41) is 10.0. The fourth-order valence-electron chi connectivity index (χ4n) is 2.29. The minimum absolute atomic E-state index is 0. The van der Waals surface area contributed by atoms with E-state index >= 15 is 0 Å². The maximum atomic E-state index is 10.0. The monoisotopic (exact) mass is 336 g/mol. The maximum absolute atomic E-state index is 10.0. The van der Waals surface area contributed by atoms with Crippen LogP contribution in [0.1, 0.15) is 5.56 Å². The van der Waals surface area contributed by atoms with Gasteiger partial charge in [0.2, 0.25) is 0 Å². The van der Waals surface area contributed by atoms with Gasteiger partial charge in [0.25, 0.3) is 0 Å². The van der Waals surface area contributed by atoms with Crippen LogP contribution in [0.3, 0.4) is 0 Å². The fraction of sp³-hybridized carbons (Fsp3) is 0.600. The Morgan fingerprint density at radius 3 is 2.38 bits per heavy atom. The lowest BCUT2D eigenvalue weighted by molar-refractivity contribution is 0.0503. The van der Waals surface area contributed by atoms with Gasteiger partial charge in [0.15, 0.2) is 0 Å². The Kier molecular flexibility index (Phi) is 9.99. The Balaban J connectivity index is 0.00000200. The number of aliphatic hydroxyl groups is 1. The zero-order valence-electron chi connectivity index (χ0n) is 12.7. The first kappa shape index (κ1) is 20.5. The van der Waals surface area contributed by atoms with Crippen molar-refractivity contribution < 1.29 is 9.84 Å². The van der Waals surface area contributed by atoms with E-state index in [1.165, 1.54) is 0 Å². The van der Waals surface area contributed by atoms with E-state index in [-0.39, 0.29) is 24.8 Å². The van der Waals surface area contributed by atoms with Gasteiger partial charge in [0.05, 0.1) is 0 Å². The quantitative estimate of drug-likeness (QED) is 0.889. The molecule has 0 spiro atoms. The summed E-state index contributed by atoms with van der Waals surface area (Å²) in [7, 11) is 2.13. The van der Waals surface area contributed by atoms with E-state index in [1.54, 1.807) is 0 Å². The number of rotatable bonds is 5. The number of β-amino-alcohol motifs (C(OH)–C–C–N with tert-alkyl or cyclic N) is 1. The van der Waals surface area contributed by atoms with Crippen molar-refractivity contribution in [3.63, 3.8) is 0 Å². The number of aryl methyl sites for hydroxylation is 1. The molecule has 122 valence electrons. The predicted octanol–water partition coefficient (Wildman–Crippen LogP) is 1.83. The number of likely N-dealkylation sites (N-methyl/N-ethyl adjacent to an activating group) is 1. The largest absolute Gasteiger partial charge is 0.491 e. The molecule has 4 nitrogen and oxygen atoms in total. The number of hydrogen-bond acceptors (Lipinski definition) is 4. The summed E-state index contributed by atoms with van der Waals surface area (Å²) >= 11 is 0. The van der Waals surface area contributed by atoms with E-state index in [4.69, 9.17) is 4.74 Å². The van der Waals surface area contributed by atoms with Gasteiger partial charge in [0.1, 0.15) is 18.5 Å². The number of piperazine rings is 1. The molecule has 0 aliphatic carbocycles. The van der Waals surface area contributed by atoms with E-state index in [1.807, 2.05) is 31.2 Å². The van der Waals surface area contributed by atoms with E-state index < -0.39 is 6.10 Å². The molecule has 0 amide bonds. The highest BCUT2D eigenvalue weighted by molar-refractivity contribution is 5.85. The van der Waals surface area contributed by atoms with Crippen LogP contribution in [-0.2, 0) is 0 Å². The van der Waals surface area contributed by atoms with Crippen LogP contribution in [0.25, 0.3) is 0 Å². The van der Waals surface area contributed by atoms with E-state index in [0.717, 1.165) is 37.5 Å². The summed E-state index contributed by atoms with van der Waals surface area (Å²) < 4.78 is 5.67. The van der Waals surface area contributed by atoms with Gasteiger partial charge in [-0.1, -0.05) is 18.2 Å². The van der Waals surface area contributed by atoms with Crippen LogP contribution in [-0.4, -0.2) is 67.4 Å². The minimum Gasteiger partial charge on any atom is -0.491 e. The van der Waals surface area contributed by atoms with Gasteiger partial charge in [-0.15, -0.1) is 24.8 Å². The Morgan fingerprint density at radius 1 is 1.14 bits per heavy atom. The Labute approximate surface area is 139 Å². The minimum atomic E-state index is -0.428. The summed E-state index contributed by atoms with van der Waals surface area (Å²) in [6.45, 7) is 7.27. The van der Waals surface area contributed by atoms with Crippen molar-refractivity contribution >= 4 is 24.8 Å². The molecule has 2 rings (SSSR count). The van der Waals surface area contributed by atoms with Crippen molar-refractivity contribution in [2.75, 3.05) is 46.4 Å². The van der Waals surface area contributed by atoms with Crippen LogP contribution >= 0.6 is 24.8 Å². The van der Waals surface area contributed by atoms with E-state index in [2.05, 4.69) is 16.8 Å². The molecule has 1 heterocycles. The SMILES string of the molecule is Cc1ccccc1OCC(O)CN1CCN(C)CC1.Cl.Cl. The molecule has 1 atom stereocenters. The lowest BCUT2D eigenvalue weighted by Gasteiger charge is -2.33. The molecule has 0 saturated carbocycles. The van der Waals surface area contributed by atoms with Crippen LogP contribution < -0.4 is 4.74 Å². The molecule has 1 N–H and O–H groups in total. The second kappa shape index (κ2) is 10.2. The predicted molar refractivity (Wildman–Crippen MR) is 91.1 cm³/mol. The van der Waals surface area contributed by atoms with Crippen molar-refractivity contribution in [2.24, 2.45) is 0 Å². The highest BCUT2D eigenvalue weighted by Crippen LogP contribution is 2.16. The fourth-order valence-corrected chi connectivity index (χ4v) is 2.29. The zero-order chi connectivity index (χ0) is 13.7. The molecular formula is C15H26Cl2N2O2. The first-order chi connectivity index (χ1) is 9.15. The van der Waals surface area contributed by atoms with Crippen molar-refractivity contribution in [1.29, 1.82) is 0 Å². The lowest BCUT2D eigenvalue weighted by Crippen LogP contribution is -2.47. The third-order valence-electron chi connectivity index (χ3n) is 3.59. The van der Waals surface area contributed by atoms with Crippen LogP contribution in [0, 0.1) is 6.92 Å². The Morgan fingerprint density at radius 2 is 1.76 bits per heavy atom. The number of aliphatic hydroxyl groups excluding tert-OH is 1. The number of ether oxygens (including phenoxy) is 1. The summed E-state index contributed by atoms with van der Waals surface area (Å²) in [6, 6.07) is 7.90. The molecular weight excluding hydrogens is 311 g/mol. The molecule has 21 heavy (non-hydrogen) atoms. The number of para-hydroxylation sites is 1. The van der Waals surface area contributed by atoms with Crippen molar-refractivity contribution in [3.05, 3.63) is 29.8 Å². The third kappa shape index (κ3) is 6.85. The standard InChI is InChI=1S/C15H24N2O2.2ClH/c1-13-5-3-4-6-15(13)19-12-14(18)11-17-9-7-16(2)8-10-17;;/h3-6,14,18H,7-12H2,1-2H3;2*1H. The van der Waals surface area contributed by atoms with Gasteiger partial charge in [-0.05, 0) is 25.6 Å². The van der Waals surface area contributed by atoms with Crippen molar-refractivity contribution in [2.45, 2.75) is 13.0 Å². The molecule has 1 saturated heterocycles. The molecule has 1 aromatic rings. The zero-order valence-corrected chi connectivity index (χ0v) is 14.3. The molecule has 6 heteroatoms. The average molecular weight is 337 g/mol. The lowest BCUT2D eigenvalue weighted by atomic mass is 10.2. The number of nitrogens with zero attached hydrogens (tertiary/aromatic N) is 2. The summed E-state index contributed by atoms with van der Waals surface area (Å²) in [5.41, 5.74) is 1.11. The summed E-state index contributed by atoms with van der Waals surface area (Å²) in [6.07, 6.45) is -0.428. The average Bonchev–Trinajstić information content (AvgIpc) is 2.40. The molecule has 0 radical (unpaired) electrons. The smallest absolute Gasteiger partial charge is 0.122 e. The van der Waals surface area contributed by atoms with Gasteiger partial charge in [-0.3, -0.25) is 4.90 Å². The molecule has 0 bridgehead atoms. The van der Waals surface area contributed by atoms with Crippen LogP contribution in [0.15, 0.2) is 24.3 Å². The van der Waals surface area contributed by atoms with Crippen LogP contribution in [0.4, 0.5) is 0 Å². The maximum Gasteiger partial charge on any atom is 0.122 e. The van der Waals surface area contributed by atoms with E-state index in [9.17, 15) is 5.11 Å². The normalized spacial score (nSPS) is 17.5. The first-order valence-corrected chi connectivity index (χ1v) is 6.92. The Bertz CT molecular complexity index is 399. The number of benzene rings is 1. The van der Waals surface area contributed by atoms with Crippen LogP contribution in [0.2, 0.25) is 0 Å². The number of hydrogen-bond donors (Lipinski definition) is 1. The molecule has 1 aliphatic rings. The highest BCUT2D eigenvalue weighted by atomic mass is 35.5.